The van der Waals surface area contributed by atoms with E-state index in [0.29, 0.717) is 6.04 Å². The molecule has 0 aromatic carbocycles. The summed E-state index contributed by atoms with van der Waals surface area (Å²) in [5.41, 5.74) is 0.300. The lowest BCUT2D eigenvalue weighted by Gasteiger charge is -2.42. The highest BCUT2D eigenvalue weighted by atomic mass is 16.2. The SMILES string of the molecule is O=C(N1CCCC1)[C@]1(c2cnccn2)CCCN1C1CCCC1. The molecule has 1 aromatic rings. The van der Waals surface area contributed by atoms with Gasteiger partial charge in [0.25, 0.3) is 0 Å². The van der Waals surface area contributed by atoms with Gasteiger partial charge in [0, 0.05) is 31.5 Å². The molecule has 0 bridgehead atoms. The van der Waals surface area contributed by atoms with E-state index in [1.807, 2.05) is 6.20 Å². The Bertz CT molecular complexity index is 551. The van der Waals surface area contributed by atoms with E-state index in [0.717, 1.165) is 51.0 Å². The standard InChI is InChI=1S/C18H26N4O/c23-17(21-11-3-4-12-21)18(16-14-19-9-10-20-16)8-5-13-22(18)15-6-1-2-7-15/h9-10,14-15H,1-8,11-13H2/t18-/m1/s1. The van der Waals surface area contributed by atoms with Crippen LogP contribution >= 0.6 is 0 Å². The second-order valence-electron chi connectivity index (χ2n) is 7.19. The highest BCUT2D eigenvalue weighted by molar-refractivity contribution is 5.88. The normalized spacial score (nSPS) is 29.5. The minimum absolute atomic E-state index is 0.278. The Kier molecular flexibility index (Phi) is 4.05. The Balaban J connectivity index is 1.75. The molecular weight excluding hydrogens is 288 g/mol. The summed E-state index contributed by atoms with van der Waals surface area (Å²) in [7, 11) is 0. The van der Waals surface area contributed by atoms with Gasteiger partial charge in [-0.3, -0.25) is 19.7 Å². The smallest absolute Gasteiger partial charge is 0.249 e. The number of nitrogens with zero attached hydrogens (tertiary/aromatic N) is 4. The molecule has 0 N–H and O–H groups in total. The van der Waals surface area contributed by atoms with Gasteiger partial charge in [-0.2, -0.15) is 0 Å². The maximum atomic E-state index is 13.6. The molecule has 2 saturated heterocycles. The van der Waals surface area contributed by atoms with Crippen molar-refractivity contribution in [1.29, 1.82) is 0 Å². The van der Waals surface area contributed by atoms with Gasteiger partial charge in [0.2, 0.25) is 5.91 Å². The molecule has 5 nitrogen and oxygen atoms in total. The summed E-state index contributed by atoms with van der Waals surface area (Å²) < 4.78 is 0. The molecule has 23 heavy (non-hydrogen) atoms. The molecule has 1 atom stereocenters. The molecule has 0 spiro atoms. The summed E-state index contributed by atoms with van der Waals surface area (Å²) in [6, 6.07) is 0.533. The monoisotopic (exact) mass is 314 g/mol. The second kappa shape index (κ2) is 6.19. The first-order chi connectivity index (χ1) is 11.3. The Morgan fingerprint density at radius 3 is 2.52 bits per heavy atom. The number of carbonyl (C=O) groups is 1. The van der Waals surface area contributed by atoms with Gasteiger partial charge in [0.05, 0.1) is 11.9 Å². The summed E-state index contributed by atoms with van der Waals surface area (Å²) in [6.45, 7) is 2.82. The average Bonchev–Trinajstić information content (AvgIpc) is 3.35. The van der Waals surface area contributed by atoms with Crippen LogP contribution in [0.15, 0.2) is 18.6 Å². The minimum Gasteiger partial charge on any atom is -0.341 e. The molecule has 124 valence electrons. The maximum Gasteiger partial charge on any atom is 0.249 e. The quantitative estimate of drug-likeness (QED) is 0.859. The number of likely N-dealkylation sites (tertiary alicyclic amines) is 2. The highest BCUT2D eigenvalue weighted by Gasteiger charge is 2.54. The Morgan fingerprint density at radius 1 is 1.04 bits per heavy atom. The lowest BCUT2D eigenvalue weighted by molar-refractivity contribution is -0.144. The molecule has 0 unspecified atom stereocenters. The average molecular weight is 314 g/mol. The van der Waals surface area contributed by atoms with Crippen LogP contribution in [0.25, 0.3) is 0 Å². The highest BCUT2D eigenvalue weighted by Crippen LogP contribution is 2.44. The first kappa shape index (κ1) is 15.1. The van der Waals surface area contributed by atoms with Gasteiger partial charge in [0.1, 0.15) is 5.54 Å². The third-order valence-corrected chi connectivity index (χ3v) is 5.93. The molecule has 5 heteroatoms. The molecule has 1 saturated carbocycles. The lowest BCUT2D eigenvalue weighted by atomic mass is 9.88. The number of aromatic nitrogens is 2. The van der Waals surface area contributed by atoms with Crippen molar-refractivity contribution in [3.8, 4) is 0 Å². The van der Waals surface area contributed by atoms with E-state index < -0.39 is 5.54 Å². The van der Waals surface area contributed by atoms with Crippen LogP contribution in [0.5, 0.6) is 0 Å². The van der Waals surface area contributed by atoms with Gasteiger partial charge in [-0.25, -0.2) is 0 Å². The summed E-state index contributed by atoms with van der Waals surface area (Å²) in [4.78, 5) is 27.0. The Hall–Kier alpha value is -1.49. The molecule has 3 fully saturated rings. The van der Waals surface area contributed by atoms with Crippen molar-refractivity contribution >= 4 is 5.91 Å². The van der Waals surface area contributed by atoms with Crippen LogP contribution in [-0.2, 0) is 10.3 Å². The van der Waals surface area contributed by atoms with Crippen molar-refractivity contribution in [3.05, 3.63) is 24.3 Å². The van der Waals surface area contributed by atoms with E-state index in [2.05, 4.69) is 19.8 Å². The van der Waals surface area contributed by atoms with Gasteiger partial charge < -0.3 is 4.90 Å². The predicted molar refractivity (Wildman–Crippen MR) is 87.7 cm³/mol. The molecule has 1 aliphatic carbocycles. The van der Waals surface area contributed by atoms with Crippen LogP contribution in [0, 0.1) is 0 Å². The zero-order valence-corrected chi connectivity index (χ0v) is 13.8. The van der Waals surface area contributed by atoms with Crippen molar-refractivity contribution in [3.63, 3.8) is 0 Å². The van der Waals surface area contributed by atoms with Crippen molar-refractivity contribution < 1.29 is 4.79 Å². The zero-order valence-electron chi connectivity index (χ0n) is 13.8. The van der Waals surface area contributed by atoms with Crippen LogP contribution in [0.4, 0.5) is 0 Å². The molecule has 0 radical (unpaired) electrons. The van der Waals surface area contributed by atoms with Crippen LogP contribution in [0.3, 0.4) is 0 Å². The first-order valence-electron chi connectivity index (χ1n) is 9.15. The molecular formula is C18H26N4O. The molecule has 3 aliphatic rings. The van der Waals surface area contributed by atoms with E-state index in [-0.39, 0.29) is 5.91 Å². The molecule has 4 rings (SSSR count). The summed E-state index contributed by atoms with van der Waals surface area (Å²) in [5, 5.41) is 0. The third kappa shape index (κ3) is 2.45. The van der Waals surface area contributed by atoms with Gasteiger partial charge in [0.15, 0.2) is 0 Å². The van der Waals surface area contributed by atoms with E-state index in [4.69, 9.17) is 0 Å². The van der Waals surface area contributed by atoms with Gasteiger partial charge in [-0.1, -0.05) is 12.8 Å². The number of amides is 1. The van der Waals surface area contributed by atoms with E-state index in [1.165, 1.54) is 25.7 Å². The molecule has 3 heterocycles. The van der Waals surface area contributed by atoms with Gasteiger partial charge in [-0.05, 0) is 45.1 Å². The number of carbonyl (C=O) groups excluding carboxylic acids is 1. The van der Waals surface area contributed by atoms with Crippen molar-refractivity contribution in [2.24, 2.45) is 0 Å². The largest absolute Gasteiger partial charge is 0.341 e. The molecule has 2 aliphatic heterocycles. The zero-order chi connectivity index (χ0) is 15.7. The van der Waals surface area contributed by atoms with E-state index >= 15 is 0 Å². The van der Waals surface area contributed by atoms with Crippen molar-refractivity contribution in [1.82, 2.24) is 19.8 Å². The van der Waals surface area contributed by atoms with Gasteiger partial charge in [-0.15, -0.1) is 0 Å². The van der Waals surface area contributed by atoms with Gasteiger partial charge >= 0.3 is 0 Å². The fourth-order valence-corrected chi connectivity index (χ4v) is 4.86. The van der Waals surface area contributed by atoms with E-state index in [9.17, 15) is 4.79 Å². The summed E-state index contributed by atoms with van der Waals surface area (Å²) >= 11 is 0. The lowest BCUT2D eigenvalue weighted by Crippen LogP contribution is -2.56. The van der Waals surface area contributed by atoms with Crippen LogP contribution in [0.1, 0.15) is 57.1 Å². The van der Waals surface area contributed by atoms with Crippen molar-refractivity contribution in [2.45, 2.75) is 62.9 Å². The minimum atomic E-state index is -0.562. The number of rotatable bonds is 3. The molecule has 1 amide bonds. The Morgan fingerprint density at radius 2 is 1.83 bits per heavy atom. The summed E-state index contributed by atoms with van der Waals surface area (Å²) in [6.07, 6.45) is 14.5. The van der Waals surface area contributed by atoms with Crippen LogP contribution in [-0.4, -0.2) is 51.4 Å². The summed E-state index contributed by atoms with van der Waals surface area (Å²) in [5.74, 6) is 0.278. The Labute approximate surface area is 138 Å². The number of hydrogen-bond donors (Lipinski definition) is 0. The topological polar surface area (TPSA) is 49.3 Å². The number of hydrogen-bond acceptors (Lipinski definition) is 4. The van der Waals surface area contributed by atoms with Crippen LogP contribution in [0.2, 0.25) is 0 Å². The fourth-order valence-electron chi connectivity index (χ4n) is 4.86. The predicted octanol–water partition coefficient (Wildman–Crippen LogP) is 2.33. The van der Waals surface area contributed by atoms with Crippen LogP contribution < -0.4 is 0 Å². The van der Waals surface area contributed by atoms with E-state index in [1.54, 1.807) is 12.4 Å². The fraction of sp³-hybridized carbons (Fsp3) is 0.722. The third-order valence-electron chi connectivity index (χ3n) is 5.93. The first-order valence-corrected chi connectivity index (χ1v) is 9.15. The second-order valence-corrected chi connectivity index (χ2v) is 7.19. The molecule has 1 aromatic heterocycles. The maximum absolute atomic E-state index is 13.6. The van der Waals surface area contributed by atoms with Crippen molar-refractivity contribution in [2.75, 3.05) is 19.6 Å².